The number of hydrogen-bond acceptors (Lipinski definition) is 3. The summed E-state index contributed by atoms with van der Waals surface area (Å²) in [6.45, 7) is 9.19. The first-order chi connectivity index (χ1) is 11.3. The zero-order chi connectivity index (χ0) is 17.0. The van der Waals surface area contributed by atoms with E-state index >= 15 is 0 Å². The average molecular weight is 345 g/mol. The first kappa shape index (κ1) is 23.0. The average Bonchev–Trinajstić information content (AvgIpc) is 2.57. The Hall–Kier alpha value is 0.01000. The van der Waals surface area contributed by atoms with Gasteiger partial charge in [-0.1, -0.05) is 65.4 Å². The minimum Gasteiger partial charge on any atom is -0.379 e. The van der Waals surface area contributed by atoms with Crippen LogP contribution in [-0.2, 0) is 9.47 Å². The van der Waals surface area contributed by atoms with Gasteiger partial charge in [-0.05, 0) is 31.1 Å². The molecule has 0 aromatic carbocycles. The van der Waals surface area contributed by atoms with Crippen molar-refractivity contribution in [2.45, 2.75) is 91.1 Å². The van der Waals surface area contributed by atoms with E-state index in [-0.39, 0.29) is 6.10 Å². The van der Waals surface area contributed by atoms with Crippen LogP contribution in [-0.4, -0.2) is 31.7 Å². The highest BCUT2D eigenvalue weighted by atomic mass is 32.2. The SMILES string of the molecule is CCCCCC=CSCC(COCCCCC)OCCCCC. The second kappa shape index (κ2) is 20.1. The summed E-state index contributed by atoms with van der Waals surface area (Å²) in [5, 5.41) is 2.25. The Morgan fingerprint density at radius 1 is 0.826 bits per heavy atom. The van der Waals surface area contributed by atoms with Crippen LogP contribution in [0.3, 0.4) is 0 Å². The van der Waals surface area contributed by atoms with Crippen molar-refractivity contribution in [3.8, 4) is 0 Å². The number of unbranched alkanes of at least 4 members (excludes halogenated alkanes) is 7. The van der Waals surface area contributed by atoms with Gasteiger partial charge in [-0.25, -0.2) is 0 Å². The maximum Gasteiger partial charge on any atom is 0.0901 e. The topological polar surface area (TPSA) is 18.5 Å². The van der Waals surface area contributed by atoms with E-state index in [1.807, 2.05) is 11.8 Å². The van der Waals surface area contributed by atoms with Gasteiger partial charge in [-0.2, -0.15) is 0 Å². The van der Waals surface area contributed by atoms with Crippen molar-refractivity contribution in [2.75, 3.05) is 25.6 Å². The highest BCUT2D eigenvalue weighted by molar-refractivity contribution is 8.02. The van der Waals surface area contributed by atoms with Gasteiger partial charge < -0.3 is 9.47 Å². The summed E-state index contributed by atoms with van der Waals surface area (Å²) in [4.78, 5) is 0. The second-order valence-corrected chi connectivity index (χ2v) is 7.12. The molecule has 0 spiro atoms. The van der Waals surface area contributed by atoms with Crippen molar-refractivity contribution in [1.82, 2.24) is 0 Å². The van der Waals surface area contributed by atoms with E-state index in [0.29, 0.717) is 0 Å². The molecule has 2 nitrogen and oxygen atoms in total. The lowest BCUT2D eigenvalue weighted by Crippen LogP contribution is -2.23. The third kappa shape index (κ3) is 18.2. The maximum absolute atomic E-state index is 6.02. The quantitative estimate of drug-likeness (QED) is 0.261. The lowest BCUT2D eigenvalue weighted by Gasteiger charge is -2.17. The molecule has 0 aliphatic heterocycles. The molecule has 1 unspecified atom stereocenters. The number of rotatable bonds is 18. The Morgan fingerprint density at radius 3 is 2.17 bits per heavy atom. The lowest BCUT2D eigenvalue weighted by atomic mass is 10.2. The monoisotopic (exact) mass is 344 g/mol. The number of allylic oxidation sites excluding steroid dienone is 1. The van der Waals surface area contributed by atoms with Crippen LogP contribution >= 0.6 is 11.8 Å². The van der Waals surface area contributed by atoms with Crippen LogP contribution in [0.5, 0.6) is 0 Å². The molecule has 0 heterocycles. The van der Waals surface area contributed by atoms with Gasteiger partial charge in [0.25, 0.3) is 0 Å². The normalized spacial score (nSPS) is 13.0. The second-order valence-electron chi connectivity index (χ2n) is 6.18. The maximum atomic E-state index is 6.02. The zero-order valence-electron chi connectivity index (χ0n) is 15.9. The van der Waals surface area contributed by atoms with Gasteiger partial charge in [0.2, 0.25) is 0 Å². The Kier molecular flexibility index (Phi) is 20.1. The van der Waals surface area contributed by atoms with Crippen molar-refractivity contribution >= 4 is 11.8 Å². The molecule has 3 heteroatoms. The highest BCUT2D eigenvalue weighted by Crippen LogP contribution is 2.11. The standard InChI is InChI=1S/C20H40O2S/c1-4-7-10-11-14-17-23-19-20(22-16-13-9-6-3)18-21-15-12-8-5-2/h14,17,20H,4-13,15-16,18-19H2,1-3H3. The summed E-state index contributed by atoms with van der Waals surface area (Å²) in [6, 6.07) is 0. The molecule has 0 radical (unpaired) electrons. The van der Waals surface area contributed by atoms with E-state index in [4.69, 9.17) is 9.47 Å². The molecule has 0 saturated carbocycles. The van der Waals surface area contributed by atoms with Gasteiger partial charge in [0.1, 0.15) is 0 Å². The van der Waals surface area contributed by atoms with Gasteiger partial charge in [0.05, 0.1) is 12.7 Å². The zero-order valence-corrected chi connectivity index (χ0v) is 16.7. The molecule has 0 N–H and O–H groups in total. The molecular formula is C20H40O2S. The van der Waals surface area contributed by atoms with Crippen molar-refractivity contribution in [1.29, 1.82) is 0 Å². The van der Waals surface area contributed by atoms with Crippen molar-refractivity contribution < 1.29 is 9.47 Å². The Morgan fingerprint density at radius 2 is 1.48 bits per heavy atom. The molecule has 0 aromatic heterocycles. The fourth-order valence-electron chi connectivity index (χ4n) is 2.23. The highest BCUT2D eigenvalue weighted by Gasteiger charge is 2.09. The minimum absolute atomic E-state index is 0.235. The lowest BCUT2D eigenvalue weighted by molar-refractivity contribution is -0.00600. The third-order valence-electron chi connectivity index (χ3n) is 3.75. The smallest absolute Gasteiger partial charge is 0.0901 e. The molecule has 0 aliphatic rings. The molecule has 1 atom stereocenters. The first-order valence-corrected chi connectivity index (χ1v) is 10.9. The Labute approximate surface area is 149 Å². The van der Waals surface area contributed by atoms with E-state index in [0.717, 1.165) is 25.6 Å². The van der Waals surface area contributed by atoms with E-state index < -0.39 is 0 Å². The summed E-state index contributed by atoms with van der Waals surface area (Å²) in [5.74, 6) is 1.00. The fourth-order valence-corrected chi connectivity index (χ4v) is 3.02. The van der Waals surface area contributed by atoms with Crippen LogP contribution < -0.4 is 0 Å². The largest absolute Gasteiger partial charge is 0.379 e. The number of ether oxygens (including phenoxy) is 2. The summed E-state index contributed by atoms with van der Waals surface area (Å²) in [5.41, 5.74) is 0. The van der Waals surface area contributed by atoms with Crippen LogP contribution in [0.25, 0.3) is 0 Å². The molecule has 0 bridgehead atoms. The Bertz CT molecular complexity index is 244. The molecule has 0 rings (SSSR count). The van der Waals surface area contributed by atoms with Crippen LogP contribution in [0, 0.1) is 0 Å². The van der Waals surface area contributed by atoms with Gasteiger partial charge in [-0.15, -0.1) is 11.8 Å². The molecule has 0 aromatic rings. The molecular weight excluding hydrogens is 304 g/mol. The molecule has 23 heavy (non-hydrogen) atoms. The van der Waals surface area contributed by atoms with Crippen molar-refractivity contribution in [3.63, 3.8) is 0 Å². The van der Waals surface area contributed by atoms with Crippen LogP contribution in [0.2, 0.25) is 0 Å². The van der Waals surface area contributed by atoms with Crippen molar-refractivity contribution in [3.05, 3.63) is 11.5 Å². The predicted molar refractivity (Wildman–Crippen MR) is 105 cm³/mol. The van der Waals surface area contributed by atoms with E-state index in [1.54, 1.807) is 0 Å². The number of hydrogen-bond donors (Lipinski definition) is 0. The predicted octanol–water partition coefficient (Wildman–Crippen LogP) is 6.60. The first-order valence-electron chi connectivity index (χ1n) is 9.81. The van der Waals surface area contributed by atoms with E-state index in [1.165, 1.54) is 64.2 Å². The van der Waals surface area contributed by atoms with Crippen LogP contribution in [0.4, 0.5) is 0 Å². The van der Waals surface area contributed by atoms with Crippen LogP contribution in [0.1, 0.15) is 85.0 Å². The van der Waals surface area contributed by atoms with Gasteiger partial charge in [-0.3, -0.25) is 0 Å². The molecule has 0 saturated heterocycles. The summed E-state index contributed by atoms with van der Waals surface area (Å²) < 4.78 is 11.8. The summed E-state index contributed by atoms with van der Waals surface area (Å²) in [7, 11) is 0. The summed E-state index contributed by atoms with van der Waals surface area (Å²) in [6.07, 6.45) is 15.0. The van der Waals surface area contributed by atoms with Crippen LogP contribution in [0.15, 0.2) is 11.5 Å². The van der Waals surface area contributed by atoms with Gasteiger partial charge >= 0.3 is 0 Å². The molecule has 0 fully saturated rings. The number of thioether (sulfide) groups is 1. The van der Waals surface area contributed by atoms with Gasteiger partial charge in [0.15, 0.2) is 0 Å². The van der Waals surface area contributed by atoms with Crippen molar-refractivity contribution in [2.24, 2.45) is 0 Å². The molecule has 0 amide bonds. The summed E-state index contributed by atoms with van der Waals surface area (Å²) >= 11 is 1.87. The van der Waals surface area contributed by atoms with E-state index in [9.17, 15) is 0 Å². The minimum atomic E-state index is 0.235. The molecule has 0 aliphatic carbocycles. The van der Waals surface area contributed by atoms with Gasteiger partial charge in [0, 0.05) is 19.0 Å². The molecule has 138 valence electrons. The van der Waals surface area contributed by atoms with E-state index in [2.05, 4.69) is 32.3 Å². The Balaban J connectivity index is 3.81. The third-order valence-corrected chi connectivity index (χ3v) is 4.70. The fraction of sp³-hybridized carbons (Fsp3) is 0.900.